The van der Waals surface area contributed by atoms with Crippen LogP contribution >= 0.6 is 11.6 Å². The van der Waals surface area contributed by atoms with E-state index in [2.05, 4.69) is 43.4 Å². The number of hydrogen-bond acceptors (Lipinski definition) is 1. The van der Waals surface area contributed by atoms with Crippen molar-refractivity contribution in [2.24, 2.45) is 0 Å². The van der Waals surface area contributed by atoms with E-state index in [4.69, 9.17) is 11.6 Å². The highest BCUT2D eigenvalue weighted by molar-refractivity contribution is 6.30. The van der Waals surface area contributed by atoms with Crippen molar-refractivity contribution in [3.63, 3.8) is 0 Å². The molecular formula is C17H19ClFN. The van der Waals surface area contributed by atoms with Crippen LogP contribution in [0.1, 0.15) is 37.3 Å². The number of hydrogen-bond donors (Lipinski definition) is 1. The van der Waals surface area contributed by atoms with E-state index in [9.17, 15) is 4.39 Å². The van der Waals surface area contributed by atoms with Gasteiger partial charge in [-0.2, -0.15) is 0 Å². The van der Waals surface area contributed by atoms with E-state index in [1.807, 2.05) is 0 Å². The van der Waals surface area contributed by atoms with Crippen LogP contribution in [0.5, 0.6) is 0 Å². The zero-order chi connectivity index (χ0) is 14.5. The van der Waals surface area contributed by atoms with Gasteiger partial charge >= 0.3 is 0 Å². The lowest BCUT2D eigenvalue weighted by Crippen LogP contribution is -2.00. The first-order valence-corrected chi connectivity index (χ1v) is 7.25. The largest absolute Gasteiger partial charge is 0.381 e. The molecule has 1 atom stereocenters. The Kier molecular flexibility index (Phi) is 5.02. The smallest absolute Gasteiger partial charge is 0.125 e. The van der Waals surface area contributed by atoms with Crippen molar-refractivity contribution in [2.45, 2.75) is 32.7 Å². The summed E-state index contributed by atoms with van der Waals surface area (Å²) in [7, 11) is 0. The summed E-state index contributed by atoms with van der Waals surface area (Å²) in [6, 6.07) is 13.0. The summed E-state index contributed by atoms with van der Waals surface area (Å²) in [6.45, 7) is 4.96. The molecule has 0 saturated carbocycles. The Balaban J connectivity index is 2.00. The minimum Gasteiger partial charge on any atom is -0.381 e. The second-order valence-electron chi connectivity index (χ2n) is 5.06. The molecule has 0 fully saturated rings. The molecule has 1 N–H and O–H groups in total. The SMILES string of the molecule is CCC(C)c1ccc(NCc2cc(F)cc(Cl)c2)cc1. The fourth-order valence-electron chi connectivity index (χ4n) is 2.08. The van der Waals surface area contributed by atoms with Crippen LogP contribution in [0.3, 0.4) is 0 Å². The summed E-state index contributed by atoms with van der Waals surface area (Å²) in [6.07, 6.45) is 1.13. The van der Waals surface area contributed by atoms with E-state index in [1.165, 1.54) is 17.7 Å². The average molecular weight is 292 g/mol. The maximum absolute atomic E-state index is 13.2. The van der Waals surface area contributed by atoms with E-state index < -0.39 is 0 Å². The van der Waals surface area contributed by atoms with E-state index in [0.717, 1.165) is 17.7 Å². The Labute approximate surface area is 124 Å². The van der Waals surface area contributed by atoms with Crippen LogP contribution in [-0.2, 0) is 6.54 Å². The Hall–Kier alpha value is -1.54. The molecule has 106 valence electrons. The van der Waals surface area contributed by atoms with Gasteiger partial charge in [0.05, 0.1) is 0 Å². The van der Waals surface area contributed by atoms with Gasteiger partial charge in [0, 0.05) is 17.3 Å². The van der Waals surface area contributed by atoms with Gasteiger partial charge in [0.2, 0.25) is 0 Å². The maximum atomic E-state index is 13.2. The molecule has 3 heteroatoms. The molecule has 0 aliphatic carbocycles. The topological polar surface area (TPSA) is 12.0 Å². The van der Waals surface area contributed by atoms with Crippen molar-refractivity contribution < 1.29 is 4.39 Å². The number of rotatable bonds is 5. The molecule has 0 saturated heterocycles. The van der Waals surface area contributed by atoms with Crippen LogP contribution in [0, 0.1) is 5.82 Å². The van der Waals surface area contributed by atoms with E-state index in [-0.39, 0.29) is 5.82 Å². The third kappa shape index (κ3) is 3.97. The minimum absolute atomic E-state index is 0.304. The van der Waals surface area contributed by atoms with E-state index >= 15 is 0 Å². The summed E-state index contributed by atoms with van der Waals surface area (Å²) < 4.78 is 13.2. The Morgan fingerprint density at radius 3 is 2.45 bits per heavy atom. The highest BCUT2D eigenvalue weighted by Gasteiger charge is 2.03. The number of halogens is 2. The standard InChI is InChI=1S/C17H19ClFN/c1-3-12(2)14-4-6-17(7-5-14)20-11-13-8-15(18)10-16(19)9-13/h4-10,12,20H,3,11H2,1-2H3. The molecule has 1 nitrogen and oxygen atoms in total. The molecule has 0 spiro atoms. The van der Waals surface area contributed by atoms with Crippen LogP contribution < -0.4 is 5.32 Å². The molecule has 2 aromatic carbocycles. The summed E-state index contributed by atoms with van der Waals surface area (Å²) >= 11 is 5.84. The highest BCUT2D eigenvalue weighted by atomic mass is 35.5. The van der Waals surface area contributed by atoms with Gasteiger partial charge in [-0.05, 0) is 53.8 Å². The van der Waals surface area contributed by atoms with Gasteiger partial charge in [-0.3, -0.25) is 0 Å². The highest BCUT2D eigenvalue weighted by Crippen LogP contribution is 2.21. The van der Waals surface area contributed by atoms with Gasteiger partial charge in [0.1, 0.15) is 5.82 Å². The molecule has 2 aromatic rings. The molecule has 0 aliphatic heterocycles. The summed E-state index contributed by atoms with van der Waals surface area (Å²) in [4.78, 5) is 0. The van der Waals surface area contributed by atoms with Crippen molar-refractivity contribution in [2.75, 3.05) is 5.32 Å². The Morgan fingerprint density at radius 1 is 1.15 bits per heavy atom. The average Bonchev–Trinajstić information content (AvgIpc) is 2.44. The molecule has 0 heterocycles. The van der Waals surface area contributed by atoms with Crippen LogP contribution in [0.2, 0.25) is 5.02 Å². The van der Waals surface area contributed by atoms with Crippen LogP contribution in [0.4, 0.5) is 10.1 Å². The van der Waals surface area contributed by atoms with Gasteiger partial charge in [0.25, 0.3) is 0 Å². The van der Waals surface area contributed by atoms with Crippen molar-refractivity contribution in [1.29, 1.82) is 0 Å². The van der Waals surface area contributed by atoms with Gasteiger partial charge in [-0.1, -0.05) is 37.6 Å². The lowest BCUT2D eigenvalue weighted by molar-refractivity contribution is 0.626. The zero-order valence-corrected chi connectivity index (χ0v) is 12.5. The van der Waals surface area contributed by atoms with Gasteiger partial charge in [-0.25, -0.2) is 4.39 Å². The molecule has 0 aromatic heterocycles. The third-order valence-corrected chi connectivity index (χ3v) is 3.73. The lowest BCUT2D eigenvalue weighted by Gasteiger charge is -2.11. The normalized spacial score (nSPS) is 12.2. The van der Waals surface area contributed by atoms with Crippen molar-refractivity contribution >= 4 is 17.3 Å². The number of nitrogens with one attached hydrogen (secondary N) is 1. The first-order valence-electron chi connectivity index (χ1n) is 6.87. The fourth-order valence-corrected chi connectivity index (χ4v) is 2.33. The lowest BCUT2D eigenvalue weighted by atomic mass is 9.99. The van der Waals surface area contributed by atoms with E-state index in [1.54, 1.807) is 6.07 Å². The second-order valence-corrected chi connectivity index (χ2v) is 5.50. The first kappa shape index (κ1) is 14.9. The van der Waals surface area contributed by atoms with Crippen molar-refractivity contribution in [3.05, 3.63) is 64.4 Å². The van der Waals surface area contributed by atoms with E-state index in [0.29, 0.717) is 17.5 Å². The van der Waals surface area contributed by atoms with Crippen LogP contribution in [0.25, 0.3) is 0 Å². The predicted octanol–water partition coefficient (Wildman–Crippen LogP) is 5.60. The monoisotopic (exact) mass is 291 g/mol. The van der Waals surface area contributed by atoms with Gasteiger partial charge < -0.3 is 5.32 Å². The molecule has 0 bridgehead atoms. The van der Waals surface area contributed by atoms with Crippen molar-refractivity contribution in [1.82, 2.24) is 0 Å². The molecule has 1 unspecified atom stereocenters. The van der Waals surface area contributed by atoms with Crippen LogP contribution in [0.15, 0.2) is 42.5 Å². The molecule has 0 radical (unpaired) electrons. The second kappa shape index (κ2) is 6.76. The number of benzene rings is 2. The summed E-state index contributed by atoms with van der Waals surface area (Å²) in [5, 5.41) is 3.70. The minimum atomic E-state index is -0.304. The maximum Gasteiger partial charge on any atom is 0.125 e. The quantitative estimate of drug-likeness (QED) is 0.755. The van der Waals surface area contributed by atoms with Gasteiger partial charge in [0.15, 0.2) is 0 Å². The summed E-state index contributed by atoms with van der Waals surface area (Å²) in [5.41, 5.74) is 3.20. The predicted molar refractivity (Wildman–Crippen MR) is 83.9 cm³/mol. The first-order chi connectivity index (χ1) is 9.58. The van der Waals surface area contributed by atoms with Crippen LogP contribution in [-0.4, -0.2) is 0 Å². The third-order valence-electron chi connectivity index (χ3n) is 3.51. The molecule has 2 rings (SSSR count). The Bertz CT molecular complexity index is 545. The molecular weight excluding hydrogens is 273 g/mol. The Morgan fingerprint density at radius 2 is 1.85 bits per heavy atom. The van der Waals surface area contributed by atoms with Crippen molar-refractivity contribution in [3.8, 4) is 0 Å². The molecule has 20 heavy (non-hydrogen) atoms. The van der Waals surface area contributed by atoms with Gasteiger partial charge in [-0.15, -0.1) is 0 Å². The summed E-state index contributed by atoms with van der Waals surface area (Å²) in [5.74, 6) is 0.271. The zero-order valence-electron chi connectivity index (χ0n) is 11.8. The fraction of sp³-hybridized carbons (Fsp3) is 0.294. The molecule has 0 amide bonds. The molecule has 0 aliphatic rings. The number of anilines is 1.